The SMILES string of the molecule is CN1CCN(C2CCN(C(=O)c3ccc(N(C)C)cc3)C2)CC1. The standard InChI is InChI=1S/C18H28N4O/c1-19(2)16-6-4-15(5-7-16)18(23)22-9-8-17(14-22)21-12-10-20(3)11-13-21/h4-7,17H,8-14H2,1-3H3. The number of benzene rings is 1. The Morgan fingerprint density at radius 1 is 1.04 bits per heavy atom. The molecule has 5 nitrogen and oxygen atoms in total. The maximum Gasteiger partial charge on any atom is 0.253 e. The molecule has 2 fully saturated rings. The Hall–Kier alpha value is -1.59. The van der Waals surface area contributed by atoms with E-state index in [-0.39, 0.29) is 5.91 Å². The van der Waals surface area contributed by atoms with Crippen molar-refractivity contribution in [3.05, 3.63) is 29.8 Å². The van der Waals surface area contributed by atoms with E-state index in [1.807, 2.05) is 48.2 Å². The first kappa shape index (κ1) is 16.3. The minimum atomic E-state index is 0.173. The topological polar surface area (TPSA) is 30.0 Å². The molecule has 1 aromatic rings. The van der Waals surface area contributed by atoms with Gasteiger partial charge in [-0.25, -0.2) is 0 Å². The third-order valence-electron chi connectivity index (χ3n) is 5.14. The minimum Gasteiger partial charge on any atom is -0.378 e. The highest BCUT2D eigenvalue weighted by Gasteiger charge is 2.31. The van der Waals surface area contributed by atoms with Gasteiger partial charge in [-0.3, -0.25) is 9.69 Å². The Morgan fingerprint density at radius 2 is 1.70 bits per heavy atom. The van der Waals surface area contributed by atoms with Gasteiger partial charge in [-0.05, 0) is 37.7 Å². The summed E-state index contributed by atoms with van der Waals surface area (Å²) in [6.45, 7) is 6.28. The lowest BCUT2D eigenvalue weighted by Gasteiger charge is -2.36. The van der Waals surface area contributed by atoms with Crippen molar-refractivity contribution in [2.45, 2.75) is 12.5 Å². The molecule has 2 saturated heterocycles. The van der Waals surface area contributed by atoms with Crippen LogP contribution in [0.15, 0.2) is 24.3 Å². The largest absolute Gasteiger partial charge is 0.378 e. The van der Waals surface area contributed by atoms with Crippen molar-refractivity contribution in [2.24, 2.45) is 0 Å². The minimum absolute atomic E-state index is 0.173. The van der Waals surface area contributed by atoms with Crippen LogP contribution in [0, 0.1) is 0 Å². The fraction of sp³-hybridized carbons (Fsp3) is 0.611. The van der Waals surface area contributed by atoms with E-state index in [1.54, 1.807) is 0 Å². The zero-order valence-electron chi connectivity index (χ0n) is 14.5. The van der Waals surface area contributed by atoms with Gasteiger partial charge in [0, 0.05) is 70.7 Å². The average molecular weight is 316 g/mol. The van der Waals surface area contributed by atoms with E-state index in [9.17, 15) is 4.79 Å². The lowest BCUT2D eigenvalue weighted by molar-refractivity contribution is 0.0755. The van der Waals surface area contributed by atoms with Gasteiger partial charge in [-0.15, -0.1) is 0 Å². The van der Waals surface area contributed by atoms with E-state index in [1.165, 1.54) is 0 Å². The number of hydrogen-bond acceptors (Lipinski definition) is 4. The molecule has 0 radical (unpaired) electrons. The summed E-state index contributed by atoms with van der Waals surface area (Å²) < 4.78 is 0. The molecule has 2 heterocycles. The molecule has 3 rings (SSSR count). The first-order valence-corrected chi connectivity index (χ1v) is 8.54. The lowest BCUT2D eigenvalue weighted by Crippen LogP contribution is -2.50. The molecule has 126 valence electrons. The molecule has 0 bridgehead atoms. The first-order chi connectivity index (χ1) is 11.0. The number of nitrogens with zero attached hydrogens (tertiary/aromatic N) is 4. The Bertz CT molecular complexity index is 534. The molecule has 5 heteroatoms. The van der Waals surface area contributed by atoms with Crippen molar-refractivity contribution in [1.29, 1.82) is 0 Å². The van der Waals surface area contributed by atoms with Gasteiger partial charge in [0.05, 0.1) is 0 Å². The van der Waals surface area contributed by atoms with Crippen molar-refractivity contribution in [2.75, 3.05) is 65.3 Å². The van der Waals surface area contributed by atoms with Gasteiger partial charge in [-0.2, -0.15) is 0 Å². The highest BCUT2D eigenvalue weighted by atomic mass is 16.2. The van der Waals surface area contributed by atoms with Gasteiger partial charge < -0.3 is 14.7 Å². The van der Waals surface area contributed by atoms with Crippen molar-refractivity contribution in [3.63, 3.8) is 0 Å². The van der Waals surface area contributed by atoms with E-state index in [4.69, 9.17) is 0 Å². The molecule has 1 unspecified atom stereocenters. The van der Waals surface area contributed by atoms with Gasteiger partial charge in [0.25, 0.3) is 5.91 Å². The van der Waals surface area contributed by atoms with Crippen LogP contribution in [-0.4, -0.2) is 87.1 Å². The molecular weight excluding hydrogens is 288 g/mol. The Morgan fingerprint density at radius 3 is 2.30 bits per heavy atom. The summed E-state index contributed by atoms with van der Waals surface area (Å²) in [4.78, 5) is 21.7. The number of likely N-dealkylation sites (N-methyl/N-ethyl adjacent to an activating group) is 1. The predicted octanol–water partition coefficient (Wildman–Crippen LogP) is 1.21. The number of rotatable bonds is 3. The van der Waals surface area contributed by atoms with Gasteiger partial charge >= 0.3 is 0 Å². The Labute approximate surface area is 139 Å². The predicted molar refractivity (Wildman–Crippen MR) is 94.1 cm³/mol. The van der Waals surface area contributed by atoms with Crippen LogP contribution in [0.2, 0.25) is 0 Å². The fourth-order valence-corrected chi connectivity index (χ4v) is 3.50. The Balaban J connectivity index is 1.58. The van der Waals surface area contributed by atoms with Crippen molar-refractivity contribution >= 4 is 11.6 Å². The lowest BCUT2D eigenvalue weighted by atomic mass is 10.1. The number of anilines is 1. The molecule has 1 atom stereocenters. The van der Waals surface area contributed by atoms with Gasteiger partial charge in [0.15, 0.2) is 0 Å². The summed E-state index contributed by atoms with van der Waals surface area (Å²) in [6.07, 6.45) is 1.10. The molecule has 1 aromatic carbocycles. The molecule has 2 aliphatic heterocycles. The van der Waals surface area contributed by atoms with Crippen molar-refractivity contribution in [1.82, 2.24) is 14.7 Å². The second kappa shape index (κ2) is 6.89. The van der Waals surface area contributed by atoms with Crippen LogP contribution < -0.4 is 4.90 Å². The molecule has 1 amide bonds. The maximum absolute atomic E-state index is 12.7. The molecule has 0 spiro atoms. The maximum atomic E-state index is 12.7. The summed E-state index contributed by atoms with van der Waals surface area (Å²) in [5.74, 6) is 0.173. The number of piperazine rings is 1. The average Bonchev–Trinajstić information content (AvgIpc) is 3.05. The van der Waals surface area contributed by atoms with Crippen LogP contribution in [0.4, 0.5) is 5.69 Å². The number of carbonyl (C=O) groups is 1. The van der Waals surface area contributed by atoms with Crippen LogP contribution in [0.5, 0.6) is 0 Å². The summed E-state index contributed by atoms with van der Waals surface area (Å²) in [7, 11) is 6.20. The van der Waals surface area contributed by atoms with Gasteiger partial charge in [0.2, 0.25) is 0 Å². The molecule has 2 aliphatic rings. The molecule has 0 N–H and O–H groups in total. The second-order valence-electron chi connectivity index (χ2n) is 6.97. The molecule has 0 aromatic heterocycles. The zero-order valence-corrected chi connectivity index (χ0v) is 14.5. The molecule has 0 saturated carbocycles. The van der Waals surface area contributed by atoms with Crippen LogP contribution in [0.25, 0.3) is 0 Å². The zero-order chi connectivity index (χ0) is 16.4. The van der Waals surface area contributed by atoms with E-state index >= 15 is 0 Å². The van der Waals surface area contributed by atoms with Gasteiger partial charge in [-0.1, -0.05) is 0 Å². The monoisotopic (exact) mass is 316 g/mol. The van der Waals surface area contributed by atoms with Crippen LogP contribution in [0.3, 0.4) is 0 Å². The number of amides is 1. The van der Waals surface area contributed by atoms with E-state index in [0.717, 1.165) is 56.9 Å². The molecular formula is C18H28N4O. The third kappa shape index (κ3) is 3.67. The van der Waals surface area contributed by atoms with Crippen LogP contribution >= 0.6 is 0 Å². The number of hydrogen-bond donors (Lipinski definition) is 0. The van der Waals surface area contributed by atoms with Crippen molar-refractivity contribution in [3.8, 4) is 0 Å². The van der Waals surface area contributed by atoms with E-state index < -0.39 is 0 Å². The highest BCUT2D eigenvalue weighted by Crippen LogP contribution is 2.20. The smallest absolute Gasteiger partial charge is 0.253 e. The quantitative estimate of drug-likeness (QED) is 0.839. The summed E-state index contributed by atoms with van der Waals surface area (Å²) in [6, 6.07) is 8.46. The second-order valence-corrected chi connectivity index (χ2v) is 6.97. The van der Waals surface area contributed by atoms with E-state index in [2.05, 4.69) is 16.8 Å². The normalized spacial score (nSPS) is 23.3. The van der Waals surface area contributed by atoms with Crippen LogP contribution in [0.1, 0.15) is 16.8 Å². The van der Waals surface area contributed by atoms with Crippen LogP contribution in [-0.2, 0) is 0 Å². The summed E-state index contributed by atoms with van der Waals surface area (Å²) in [5.41, 5.74) is 1.92. The van der Waals surface area contributed by atoms with Crippen molar-refractivity contribution < 1.29 is 4.79 Å². The fourth-order valence-electron chi connectivity index (χ4n) is 3.50. The Kier molecular flexibility index (Phi) is 4.87. The summed E-state index contributed by atoms with van der Waals surface area (Å²) in [5, 5.41) is 0. The summed E-state index contributed by atoms with van der Waals surface area (Å²) >= 11 is 0. The number of carbonyl (C=O) groups excluding carboxylic acids is 1. The molecule has 23 heavy (non-hydrogen) atoms. The van der Waals surface area contributed by atoms with Gasteiger partial charge in [0.1, 0.15) is 0 Å². The first-order valence-electron chi connectivity index (χ1n) is 8.54. The third-order valence-corrected chi connectivity index (χ3v) is 5.14. The highest BCUT2D eigenvalue weighted by molar-refractivity contribution is 5.94. The molecule has 0 aliphatic carbocycles. The number of likely N-dealkylation sites (tertiary alicyclic amines) is 1. The van der Waals surface area contributed by atoms with E-state index in [0.29, 0.717) is 6.04 Å².